The third kappa shape index (κ3) is 2.79. The fourth-order valence-electron chi connectivity index (χ4n) is 1.24. The predicted octanol–water partition coefficient (Wildman–Crippen LogP) is 1.48. The van der Waals surface area contributed by atoms with Crippen LogP contribution in [0.15, 0.2) is 24.3 Å². The molecule has 1 unspecified atom stereocenters. The summed E-state index contributed by atoms with van der Waals surface area (Å²) in [4.78, 5) is 22.0. The number of benzene rings is 1. The van der Waals surface area contributed by atoms with Gasteiger partial charge in [0.2, 0.25) is 5.91 Å². The Balaban J connectivity index is 2.99. The highest BCUT2D eigenvalue weighted by Crippen LogP contribution is 2.17. The van der Waals surface area contributed by atoms with Crippen LogP contribution in [0.4, 0.5) is 4.39 Å². The minimum absolute atomic E-state index is 0.0446. The number of halogens is 1. The van der Waals surface area contributed by atoms with Crippen molar-refractivity contribution in [3.8, 4) is 0 Å². The second kappa shape index (κ2) is 5.25. The van der Waals surface area contributed by atoms with Crippen molar-refractivity contribution in [3.05, 3.63) is 35.6 Å². The number of hydrogen-bond acceptors (Lipinski definition) is 2. The molecule has 4 nitrogen and oxygen atoms in total. The number of carbonyl (C=O) groups excluding carboxylic acids is 1. The quantitative estimate of drug-likeness (QED) is 0.815. The van der Waals surface area contributed by atoms with Gasteiger partial charge in [0.15, 0.2) is 6.04 Å². The van der Waals surface area contributed by atoms with E-state index in [-0.39, 0.29) is 12.0 Å². The topological polar surface area (TPSA) is 66.4 Å². The Kier molecular flexibility index (Phi) is 3.99. The van der Waals surface area contributed by atoms with E-state index in [4.69, 9.17) is 5.11 Å². The van der Waals surface area contributed by atoms with Crippen LogP contribution < -0.4 is 5.32 Å². The van der Waals surface area contributed by atoms with Crippen molar-refractivity contribution >= 4 is 11.9 Å². The molecule has 1 aromatic carbocycles. The van der Waals surface area contributed by atoms with Crippen molar-refractivity contribution in [2.45, 2.75) is 19.4 Å². The lowest BCUT2D eigenvalue weighted by Crippen LogP contribution is -2.33. The molecule has 5 heteroatoms. The van der Waals surface area contributed by atoms with Gasteiger partial charge >= 0.3 is 5.97 Å². The monoisotopic (exact) mass is 225 g/mol. The average Bonchev–Trinajstić information content (AvgIpc) is 2.26. The molecule has 0 aliphatic heterocycles. The predicted molar refractivity (Wildman–Crippen MR) is 55.2 cm³/mol. The molecule has 0 bridgehead atoms. The highest BCUT2D eigenvalue weighted by atomic mass is 19.1. The number of carboxylic acid groups (broad SMARTS) is 1. The van der Waals surface area contributed by atoms with Crippen LogP contribution in [-0.2, 0) is 9.59 Å². The van der Waals surface area contributed by atoms with E-state index in [0.717, 1.165) is 6.07 Å². The molecule has 16 heavy (non-hydrogen) atoms. The van der Waals surface area contributed by atoms with Gasteiger partial charge in [-0.05, 0) is 6.07 Å². The standard InChI is InChI=1S/C11H12FNO3/c1-2-9(14)13-10(11(15)16)7-5-3-4-6-8(7)12/h3-6,10H,2H2,1H3,(H,13,14)(H,15,16). The minimum Gasteiger partial charge on any atom is -0.479 e. The van der Waals surface area contributed by atoms with Gasteiger partial charge in [0.25, 0.3) is 0 Å². The summed E-state index contributed by atoms with van der Waals surface area (Å²) in [6, 6.07) is 4.13. The third-order valence-corrected chi connectivity index (χ3v) is 2.09. The number of nitrogens with one attached hydrogen (secondary N) is 1. The van der Waals surface area contributed by atoms with Crippen molar-refractivity contribution in [2.75, 3.05) is 0 Å². The third-order valence-electron chi connectivity index (χ3n) is 2.09. The molecule has 0 saturated heterocycles. The minimum atomic E-state index is -1.34. The van der Waals surface area contributed by atoms with E-state index in [2.05, 4.69) is 5.32 Å². The first-order chi connectivity index (χ1) is 7.56. The Hall–Kier alpha value is -1.91. The molecule has 1 aromatic rings. The van der Waals surface area contributed by atoms with E-state index in [1.807, 2.05) is 0 Å². The van der Waals surface area contributed by atoms with Crippen LogP contribution in [0.1, 0.15) is 24.9 Å². The molecule has 0 heterocycles. The zero-order valence-corrected chi connectivity index (χ0v) is 8.74. The first-order valence-electron chi connectivity index (χ1n) is 4.82. The van der Waals surface area contributed by atoms with E-state index in [1.165, 1.54) is 18.2 Å². The van der Waals surface area contributed by atoms with Gasteiger partial charge in [-0.2, -0.15) is 0 Å². The number of amides is 1. The molecule has 2 N–H and O–H groups in total. The summed E-state index contributed by atoms with van der Waals surface area (Å²) in [6.07, 6.45) is 0.151. The maximum Gasteiger partial charge on any atom is 0.331 e. The van der Waals surface area contributed by atoms with E-state index >= 15 is 0 Å². The van der Waals surface area contributed by atoms with Gasteiger partial charge in [0, 0.05) is 12.0 Å². The van der Waals surface area contributed by atoms with Crippen LogP contribution >= 0.6 is 0 Å². The lowest BCUT2D eigenvalue weighted by Gasteiger charge is -2.14. The maximum absolute atomic E-state index is 13.3. The van der Waals surface area contributed by atoms with Crippen molar-refractivity contribution in [3.63, 3.8) is 0 Å². The fourth-order valence-corrected chi connectivity index (χ4v) is 1.24. The first kappa shape index (κ1) is 12.2. The molecule has 0 spiro atoms. The lowest BCUT2D eigenvalue weighted by molar-refractivity contribution is -0.142. The number of rotatable bonds is 4. The molecule has 1 rings (SSSR count). The highest BCUT2D eigenvalue weighted by Gasteiger charge is 2.23. The molecule has 1 atom stereocenters. The van der Waals surface area contributed by atoms with Crippen molar-refractivity contribution < 1.29 is 19.1 Å². The Morgan fingerprint density at radius 1 is 1.44 bits per heavy atom. The normalized spacial score (nSPS) is 11.9. The maximum atomic E-state index is 13.3. The van der Waals surface area contributed by atoms with E-state index in [0.29, 0.717) is 0 Å². The zero-order valence-electron chi connectivity index (χ0n) is 8.74. The summed E-state index contributed by atoms with van der Waals surface area (Å²) < 4.78 is 13.3. The average molecular weight is 225 g/mol. The Bertz CT molecular complexity index is 406. The summed E-state index contributed by atoms with van der Waals surface area (Å²) in [5.41, 5.74) is -0.0446. The van der Waals surface area contributed by atoms with E-state index in [1.54, 1.807) is 6.92 Å². The fraction of sp³-hybridized carbons (Fsp3) is 0.273. The molecule has 0 aromatic heterocycles. The summed E-state index contributed by atoms with van der Waals surface area (Å²) in [7, 11) is 0. The Morgan fingerprint density at radius 2 is 2.06 bits per heavy atom. The Labute approximate surface area is 92.1 Å². The van der Waals surface area contributed by atoms with Gasteiger partial charge in [-0.3, -0.25) is 4.79 Å². The molecule has 0 aliphatic carbocycles. The second-order valence-corrected chi connectivity index (χ2v) is 3.21. The van der Waals surface area contributed by atoms with Crippen LogP contribution in [0.5, 0.6) is 0 Å². The lowest BCUT2D eigenvalue weighted by atomic mass is 10.1. The van der Waals surface area contributed by atoms with Crippen LogP contribution in [0.2, 0.25) is 0 Å². The van der Waals surface area contributed by atoms with Gasteiger partial charge in [-0.1, -0.05) is 25.1 Å². The SMILES string of the molecule is CCC(=O)NC(C(=O)O)c1ccccc1F. The molecule has 1 amide bonds. The van der Waals surface area contributed by atoms with Crippen molar-refractivity contribution in [1.82, 2.24) is 5.32 Å². The molecular weight excluding hydrogens is 213 g/mol. The van der Waals surface area contributed by atoms with E-state index in [9.17, 15) is 14.0 Å². The molecule has 0 saturated carbocycles. The summed E-state index contributed by atoms with van der Waals surface area (Å²) in [5, 5.41) is 11.2. The number of carboxylic acids is 1. The molecule has 0 radical (unpaired) electrons. The van der Waals surface area contributed by atoms with Gasteiger partial charge in [0.1, 0.15) is 5.82 Å². The Morgan fingerprint density at radius 3 is 2.56 bits per heavy atom. The van der Waals surface area contributed by atoms with Gasteiger partial charge in [-0.25, -0.2) is 9.18 Å². The van der Waals surface area contributed by atoms with Crippen LogP contribution in [-0.4, -0.2) is 17.0 Å². The molecule has 0 fully saturated rings. The van der Waals surface area contributed by atoms with Crippen LogP contribution in [0, 0.1) is 5.82 Å². The number of hydrogen-bond donors (Lipinski definition) is 2. The van der Waals surface area contributed by atoms with Gasteiger partial charge < -0.3 is 10.4 Å². The molecular formula is C11H12FNO3. The summed E-state index contributed by atoms with van der Waals surface area (Å²) in [5.74, 6) is -2.37. The van der Waals surface area contributed by atoms with Gasteiger partial charge in [0.05, 0.1) is 0 Å². The first-order valence-corrected chi connectivity index (χ1v) is 4.82. The highest BCUT2D eigenvalue weighted by molar-refractivity contribution is 5.84. The largest absolute Gasteiger partial charge is 0.479 e. The number of aliphatic carboxylic acids is 1. The smallest absolute Gasteiger partial charge is 0.331 e. The number of carbonyl (C=O) groups is 2. The van der Waals surface area contributed by atoms with Crippen molar-refractivity contribution in [1.29, 1.82) is 0 Å². The van der Waals surface area contributed by atoms with Crippen LogP contribution in [0.25, 0.3) is 0 Å². The van der Waals surface area contributed by atoms with Gasteiger partial charge in [-0.15, -0.1) is 0 Å². The van der Waals surface area contributed by atoms with E-state index < -0.39 is 23.7 Å². The molecule has 0 aliphatic rings. The van der Waals surface area contributed by atoms with Crippen LogP contribution in [0.3, 0.4) is 0 Å². The zero-order chi connectivity index (χ0) is 12.1. The summed E-state index contributed by atoms with van der Waals surface area (Å²) >= 11 is 0. The summed E-state index contributed by atoms with van der Waals surface area (Å²) in [6.45, 7) is 1.59. The van der Waals surface area contributed by atoms with Crippen molar-refractivity contribution in [2.24, 2.45) is 0 Å². The second-order valence-electron chi connectivity index (χ2n) is 3.21. The molecule has 86 valence electrons.